The fourth-order valence-electron chi connectivity index (χ4n) is 5.60. The molecule has 5 rings (SSSR count). The summed E-state index contributed by atoms with van der Waals surface area (Å²) in [6, 6.07) is 5.36. The molecule has 1 heterocycles. The van der Waals surface area contributed by atoms with Gasteiger partial charge in [-0.1, -0.05) is 18.2 Å². The lowest BCUT2D eigenvalue weighted by atomic mass is 9.78. The molecule has 2 aliphatic carbocycles. The lowest BCUT2D eigenvalue weighted by Crippen LogP contribution is -2.52. The highest BCUT2D eigenvalue weighted by Gasteiger charge is 2.55. The minimum atomic E-state index is -4.71. The van der Waals surface area contributed by atoms with Crippen LogP contribution in [0.15, 0.2) is 40.9 Å². The van der Waals surface area contributed by atoms with Crippen LogP contribution in [0.25, 0.3) is 0 Å². The van der Waals surface area contributed by atoms with Crippen molar-refractivity contribution in [2.24, 2.45) is 5.92 Å². The summed E-state index contributed by atoms with van der Waals surface area (Å²) in [7, 11) is 1.43. The highest BCUT2D eigenvalue weighted by molar-refractivity contribution is 9.10. The molecular formula is C28H27BrF4N4O5. The zero-order valence-corrected chi connectivity index (χ0v) is 24.0. The quantitative estimate of drug-likeness (QED) is 0.392. The van der Waals surface area contributed by atoms with Gasteiger partial charge in [-0.25, -0.2) is 14.0 Å². The van der Waals surface area contributed by atoms with Gasteiger partial charge < -0.3 is 20.3 Å². The number of hydrogen-bond acceptors (Lipinski definition) is 5. The predicted molar refractivity (Wildman–Crippen MR) is 145 cm³/mol. The number of alkyl halides is 3. The van der Waals surface area contributed by atoms with Crippen LogP contribution < -0.4 is 10.6 Å². The van der Waals surface area contributed by atoms with E-state index in [-0.39, 0.29) is 30.7 Å². The van der Waals surface area contributed by atoms with E-state index in [4.69, 9.17) is 4.74 Å². The van der Waals surface area contributed by atoms with Crippen LogP contribution in [-0.4, -0.2) is 66.0 Å². The molecule has 14 heteroatoms. The fraction of sp³-hybridized carbons (Fsp3) is 0.429. The SMILES string of the molecule is CNC(=O)Nc1ccc2c(c1Br)C(=O)CCC21CN(CC(=O)N(Cc2ccc(F)cc2)[C@@H](C2CC2)C(F)(F)F)C(=O)O1. The number of carbonyl (C=O) groups excluding carboxylic acids is 4. The second kappa shape index (κ2) is 11.2. The van der Waals surface area contributed by atoms with Crippen LogP contribution in [0.4, 0.5) is 32.8 Å². The van der Waals surface area contributed by atoms with Gasteiger partial charge in [-0.15, -0.1) is 0 Å². The van der Waals surface area contributed by atoms with Gasteiger partial charge in [0.1, 0.15) is 18.4 Å². The van der Waals surface area contributed by atoms with E-state index in [1.54, 1.807) is 6.07 Å². The molecule has 224 valence electrons. The average Bonchev–Trinajstić information content (AvgIpc) is 3.71. The number of ether oxygens (including phenoxy) is 1. The predicted octanol–water partition coefficient (Wildman–Crippen LogP) is 5.33. The number of amides is 4. The lowest BCUT2D eigenvalue weighted by Gasteiger charge is -2.35. The average molecular weight is 655 g/mol. The van der Waals surface area contributed by atoms with Crippen molar-refractivity contribution < 1.29 is 41.5 Å². The number of nitrogens with one attached hydrogen (secondary N) is 2. The molecule has 0 bridgehead atoms. The molecule has 2 fully saturated rings. The first kappa shape index (κ1) is 29.8. The molecule has 1 unspecified atom stereocenters. The highest BCUT2D eigenvalue weighted by Crippen LogP contribution is 2.47. The van der Waals surface area contributed by atoms with Crippen LogP contribution in [-0.2, 0) is 21.7 Å². The summed E-state index contributed by atoms with van der Waals surface area (Å²) >= 11 is 3.37. The normalized spacial score (nSPS) is 20.7. The van der Waals surface area contributed by atoms with Crippen molar-refractivity contribution >= 4 is 45.4 Å². The Kier molecular flexibility index (Phi) is 7.94. The molecule has 1 spiro atoms. The van der Waals surface area contributed by atoms with Gasteiger partial charge in [0.15, 0.2) is 11.4 Å². The largest absolute Gasteiger partial charge is 0.436 e. The zero-order valence-electron chi connectivity index (χ0n) is 22.4. The summed E-state index contributed by atoms with van der Waals surface area (Å²) in [5.74, 6) is -2.51. The zero-order chi connectivity index (χ0) is 30.4. The van der Waals surface area contributed by atoms with Crippen molar-refractivity contribution in [1.29, 1.82) is 0 Å². The van der Waals surface area contributed by atoms with Crippen LogP contribution in [0.2, 0.25) is 0 Å². The first-order chi connectivity index (χ1) is 19.8. The summed E-state index contributed by atoms with van der Waals surface area (Å²) in [5, 5.41) is 5.01. The summed E-state index contributed by atoms with van der Waals surface area (Å²) in [4.78, 5) is 53.1. The van der Waals surface area contributed by atoms with E-state index in [0.29, 0.717) is 34.1 Å². The molecule has 1 aliphatic heterocycles. The first-order valence-corrected chi connectivity index (χ1v) is 14.1. The van der Waals surface area contributed by atoms with Crippen molar-refractivity contribution in [3.63, 3.8) is 0 Å². The van der Waals surface area contributed by atoms with E-state index in [1.807, 2.05) is 0 Å². The van der Waals surface area contributed by atoms with Crippen LogP contribution in [0.1, 0.15) is 47.2 Å². The molecule has 1 saturated carbocycles. The monoisotopic (exact) mass is 654 g/mol. The molecule has 42 heavy (non-hydrogen) atoms. The summed E-state index contributed by atoms with van der Waals surface area (Å²) < 4.78 is 62.1. The van der Waals surface area contributed by atoms with Crippen molar-refractivity contribution in [2.45, 2.75) is 50.0 Å². The minimum Gasteiger partial charge on any atom is -0.436 e. The third kappa shape index (κ3) is 5.81. The number of Topliss-reactive ketones (excluding diaryl/α,β-unsaturated/α-hetero) is 1. The maximum atomic E-state index is 14.2. The molecule has 2 atom stereocenters. The number of fused-ring (bicyclic) bond motifs is 2. The summed E-state index contributed by atoms with van der Waals surface area (Å²) in [5.41, 5.74) is -0.128. The Labute approximate surface area is 246 Å². The first-order valence-electron chi connectivity index (χ1n) is 13.3. The number of nitrogens with zero attached hydrogens (tertiary/aromatic N) is 2. The maximum Gasteiger partial charge on any atom is 0.411 e. The second-order valence-corrected chi connectivity index (χ2v) is 11.5. The Morgan fingerprint density at radius 2 is 1.86 bits per heavy atom. The van der Waals surface area contributed by atoms with Gasteiger partial charge in [0, 0.05) is 37.6 Å². The van der Waals surface area contributed by atoms with Crippen molar-refractivity contribution in [3.05, 3.63) is 63.4 Å². The third-order valence-electron chi connectivity index (χ3n) is 7.78. The molecule has 9 nitrogen and oxygen atoms in total. The number of rotatable bonds is 7. The molecular weight excluding hydrogens is 628 g/mol. The van der Waals surface area contributed by atoms with Gasteiger partial charge in [0.05, 0.1) is 16.7 Å². The Morgan fingerprint density at radius 1 is 1.17 bits per heavy atom. The van der Waals surface area contributed by atoms with Gasteiger partial charge >= 0.3 is 18.3 Å². The lowest BCUT2D eigenvalue weighted by molar-refractivity contribution is -0.196. The van der Waals surface area contributed by atoms with Crippen LogP contribution in [0.3, 0.4) is 0 Å². The molecule has 2 N–H and O–H groups in total. The number of ketones is 1. The van der Waals surface area contributed by atoms with E-state index in [2.05, 4.69) is 26.6 Å². The smallest absolute Gasteiger partial charge is 0.411 e. The molecule has 2 aromatic carbocycles. The van der Waals surface area contributed by atoms with Crippen molar-refractivity contribution in [2.75, 3.05) is 25.5 Å². The Balaban J connectivity index is 1.41. The number of urea groups is 1. The molecule has 1 saturated heterocycles. The number of benzene rings is 2. The second-order valence-electron chi connectivity index (χ2n) is 10.7. The Bertz CT molecular complexity index is 1430. The summed E-state index contributed by atoms with van der Waals surface area (Å²) in [6.07, 6.45) is -4.89. The number of carbonyl (C=O) groups is 4. The molecule has 0 radical (unpaired) electrons. The van der Waals surface area contributed by atoms with Gasteiger partial charge in [0.2, 0.25) is 5.91 Å². The highest BCUT2D eigenvalue weighted by atomic mass is 79.9. The minimum absolute atomic E-state index is 0.00138. The molecule has 4 amide bonds. The fourth-order valence-corrected chi connectivity index (χ4v) is 6.27. The van der Waals surface area contributed by atoms with Gasteiger partial charge in [0.25, 0.3) is 0 Å². The summed E-state index contributed by atoms with van der Waals surface area (Å²) in [6.45, 7) is -1.27. The number of halogens is 5. The van der Waals surface area contributed by atoms with Crippen LogP contribution >= 0.6 is 15.9 Å². The van der Waals surface area contributed by atoms with E-state index in [1.165, 1.54) is 25.2 Å². The van der Waals surface area contributed by atoms with Gasteiger partial charge in [-0.05, 0) is 58.5 Å². The third-order valence-corrected chi connectivity index (χ3v) is 8.61. The molecule has 3 aliphatic rings. The van der Waals surface area contributed by atoms with Crippen molar-refractivity contribution in [3.8, 4) is 0 Å². The van der Waals surface area contributed by atoms with Crippen molar-refractivity contribution in [1.82, 2.24) is 15.1 Å². The molecule has 2 aromatic rings. The van der Waals surface area contributed by atoms with E-state index in [0.717, 1.165) is 21.9 Å². The number of anilines is 1. The maximum absolute atomic E-state index is 14.2. The van der Waals surface area contributed by atoms with Gasteiger partial charge in [-0.2, -0.15) is 13.2 Å². The number of hydrogen-bond donors (Lipinski definition) is 2. The molecule has 0 aromatic heterocycles. The van der Waals surface area contributed by atoms with Gasteiger partial charge in [-0.3, -0.25) is 14.5 Å². The van der Waals surface area contributed by atoms with E-state index in [9.17, 15) is 36.7 Å². The standard InChI is InChI=1S/C28H27BrF4N4O5/c1-34-25(40)35-19-9-8-18-22(23(19)29)20(38)10-11-27(18)14-36(26(41)42-27)13-21(39)37(12-15-2-6-17(30)7-3-15)24(16-4-5-16)28(31,32)33/h2-3,6-9,16,24H,4-5,10-14H2,1H3,(H2,34,35,40)/t24-,27?/m0/s1. The van der Waals surface area contributed by atoms with Crippen LogP contribution in [0.5, 0.6) is 0 Å². The Hall–Kier alpha value is -3.68. The topological polar surface area (TPSA) is 108 Å². The van der Waals surface area contributed by atoms with Crippen LogP contribution in [0, 0.1) is 11.7 Å². The Morgan fingerprint density at radius 3 is 2.48 bits per heavy atom. The van der Waals surface area contributed by atoms with E-state index < -0.39 is 60.7 Å². The van der Waals surface area contributed by atoms with E-state index >= 15 is 0 Å².